The summed E-state index contributed by atoms with van der Waals surface area (Å²) in [5.41, 5.74) is 0. The predicted octanol–water partition coefficient (Wildman–Crippen LogP) is 4.39. The van der Waals surface area contributed by atoms with Gasteiger partial charge in [0.25, 0.3) is 0 Å². The summed E-state index contributed by atoms with van der Waals surface area (Å²) < 4.78 is 0. The van der Waals surface area contributed by atoms with Gasteiger partial charge in [0.2, 0.25) is 0 Å². The molecule has 0 aromatic heterocycles. The second-order valence-electron chi connectivity index (χ2n) is 6.37. The fraction of sp³-hybridized carbons (Fsp3) is 0.455. The number of carboxylic acid groups (broad SMARTS) is 1. The molecule has 3 atom stereocenters. The molecule has 0 aromatic carbocycles. The van der Waals surface area contributed by atoms with E-state index in [4.69, 9.17) is 5.11 Å². The molecule has 0 unspecified atom stereocenters. The first-order valence-electron chi connectivity index (χ1n) is 9.29. The van der Waals surface area contributed by atoms with E-state index in [1.165, 1.54) is 0 Å². The van der Waals surface area contributed by atoms with Crippen LogP contribution in [0.3, 0.4) is 0 Å². The molecule has 1 aliphatic carbocycles. The molecule has 0 heterocycles. The third-order valence-electron chi connectivity index (χ3n) is 4.16. The summed E-state index contributed by atoms with van der Waals surface area (Å²) in [7, 11) is 0. The summed E-state index contributed by atoms with van der Waals surface area (Å²) in [4.78, 5) is 22.5. The summed E-state index contributed by atoms with van der Waals surface area (Å²) in [5, 5.41) is 18.6. The van der Waals surface area contributed by atoms with E-state index in [0.717, 1.165) is 12.8 Å². The van der Waals surface area contributed by atoms with Crippen LogP contribution in [0.1, 0.15) is 45.4 Å². The van der Waals surface area contributed by atoms with Crippen LogP contribution in [0.15, 0.2) is 60.8 Å². The van der Waals surface area contributed by atoms with Crippen molar-refractivity contribution in [3.05, 3.63) is 60.8 Å². The number of aliphatic carboxylic acids is 1. The number of carboxylic acids is 1. The van der Waals surface area contributed by atoms with Crippen molar-refractivity contribution in [2.75, 3.05) is 0 Å². The van der Waals surface area contributed by atoms with Crippen molar-refractivity contribution in [2.45, 2.75) is 51.6 Å². The van der Waals surface area contributed by atoms with Crippen LogP contribution in [0.5, 0.6) is 0 Å². The number of rotatable bonds is 12. The lowest BCUT2D eigenvalue weighted by molar-refractivity contribution is -0.136. The van der Waals surface area contributed by atoms with E-state index in [1.807, 2.05) is 30.4 Å². The molecule has 4 nitrogen and oxygen atoms in total. The Morgan fingerprint density at radius 3 is 2.69 bits per heavy atom. The molecular weight excluding hydrogens is 328 g/mol. The Balaban J connectivity index is 2.41. The van der Waals surface area contributed by atoms with Crippen LogP contribution in [0.25, 0.3) is 0 Å². The standard InChI is InChI=1S/C22H30O4/c1-2-3-4-5-6-9-12-19(23)15-16-20-18(14-17-21(20)24)11-8-7-10-13-22(25)26/h3-4,6-9,14-20,23H,2,5,10-13H2,1H3,(H,25,26)/b4-3-,8-7-,9-6-,16-15+/t18-,19-,20-/m1/s1. The molecule has 0 bridgehead atoms. The van der Waals surface area contributed by atoms with E-state index in [2.05, 4.69) is 19.1 Å². The first-order chi connectivity index (χ1) is 12.5. The molecule has 1 rings (SSSR count). The van der Waals surface area contributed by atoms with Gasteiger partial charge in [-0.2, -0.15) is 0 Å². The van der Waals surface area contributed by atoms with Crippen LogP contribution >= 0.6 is 0 Å². The first kappa shape index (κ1) is 21.8. The van der Waals surface area contributed by atoms with Gasteiger partial charge >= 0.3 is 5.97 Å². The van der Waals surface area contributed by atoms with Crippen molar-refractivity contribution in [1.82, 2.24) is 0 Å². The van der Waals surface area contributed by atoms with Gasteiger partial charge in [-0.3, -0.25) is 9.59 Å². The number of hydrogen-bond acceptors (Lipinski definition) is 3. The first-order valence-corrected chi connectivity index (χ1v) is 9.29. The Morgan fingerprint density at radius 1 is 1.19 bits per heavy atom. The van der Waals surface area contributed by atoms with Crippen molar-refractivity contribution in [3.8, 4) is 0 Å². The monoisotopic (exact) mass is 358 g/mol. The third-order valence-corrected chi connectivity index (χ3v) is 4.16. The largest absolute Gasteiger partial charge is 0.481 e. The van der Waals surface area contributed by atoms with Gasteiger partial charge in [-0.1, -0.05) is 61.6 Å². The minimum Gasteiger partial charge on any atom is -0.481 e. The molecule has 0 fully saturated rings. The van der Waals surface area contributed by atoms with Crippen molar-refractivity contribution < 1.29 is 19.8 Å². The quantitative estimate of drug-likeness (QED) is 0.507. The van der Waals surface area contributed by atoms with E-state index in [0.29, 0.717) is 19.3 Å². The summed E-state index contributed by atoms with van der Waals surface area (Å²) in [6.07, 6.45) is 22.1. The highest BCUT2D eigenvalue weighted by Gasteiger charge is 2.26. The number of carbonyl (C=O) groups excluding carboxylic acids is 1. The Kier molecular flexibility index (Phi) is 11.0. The van der Waals surface area contributed by atoms with Gasteiger partial charge in [-0.15, -0.1) is 0 Å². The highest BCUT2D eigenvalue weighted by atomic mass is 16.4. The number of ketones is 1. The Hall–Kier alpha value is -2.20. The van der Waals surface area contributed by atoms with Crippen LogP contribution in [-0.4, -0.2) is 28.1 Å². The molecule has 0 amide bonds. The van der Waals surface area contributed by atoms with Crippen molar-refractivity contribution in [1.29, 1.82) is 0 Å². The van der Waals surface area contributed by atoms with E-state index >= 15 is 0 Å². The molecular formula is C22H30O4. The van der Waals surface area contributed by atoms with Gasteiger partial charge in [-0.05, 0) is 44.1 Å². The Labute approximate surface area is 156 Å². The van der Waals surface area contributed by atoms with Gasteiger partial charge in [0, 0.05) is 12.3 Å². The lowest BCUT2D eigenvalue weighted by Crippen LogP contribution is -2.14. The van der Waals surface area contributed by atoms with Crippen molar-refractivity contribution >= 4 is 11.8 Å². The number of aliphatic hydroxyl groups excluding tert-OH is 1. The lowest BCUT2D eigenvalue weighted by atomic mass is 9.90. The van der Waals surface area contributed by atoms with E-state index in [1.54, 1.807) is 18.2 Å². The summed E-state index contributed by atoms with van der Waals surface area (Å²) in [5.74, 6) is -0.930. The van der Waals surface area contributed by atoms with Crippen LogP contribution in [0.4, 0.5) is 0 Å². The second-order valence-corrected chi connectivity index (χ2v) is 6.37. The average molecular weight is 358 g/mol. The lowest BCUT2D eigenvalue weighted by Gasteiger charge is -2.13. The smallest absolute Gasteiger partial charge is 0.303 e. The van der Waals surface area contributed by atoms with Crippen LogP contribution in [-0.2, 0) is 9.59 Å². The molecule has 0 saturated carbocycles. The highest BCUT2D eigenvalue weighted by Crippen LogP contribution is 2.27. The van der Waals surface area contributed by atoms with Crippen LogP contribution in [0.2, 0.25) is 0 Å². The van der Waals surface area contributed by atoms with Gasteiger partial charge in [0.05, 0.1) is 6.10 Å². The zero-order valence-corrected chi connectivity index (χ0v) is 15.5. The molecule has 1 aliphatic rings. The molecule has 142 valence electrons. The fourth-order valence-electron chi connectivity index (χ4n) is 2.70. The molecule has 0 spiro atoms. The summed E-state index contributed by atoms with van der Waals surface area (Å²) in [6, 6.07) is 0. The highest BCUT2D eigenvalue weighted by molar-refractivity contribution is 5.95. The average Bonchev–Trinajstić information content (AvgIpc) is 2.95. The molecule has 26 heavy (non-hydrogen) atoms. The van der Waals surface area contributed by atoms with Crippen LogP contribution < -0.4 is 0 Å². The minimum absolute atomic E-state index is 0.0534. The van der Waals surface area contributed by atoms with E-state index in [9.17, 15) is 14.7 Å². The molecule has 0 saturated heterocycles. The molecule has 4 heteroatoms. The SMILES string of the molecule is CC/C=C\C/C=C\C[C@@H](O)/C=C/[C@H]1C(=O)C=C[C@H]1C/C=C\CCC(=O)O. The fourth-order valence-corrected chi connectivity index (χ4v) is 2.70. The maximum Gasteiger partial charge on any atom is 0.303 e. The second kappa shape index (κ2) is 13.1. The van der Waals surface area contributed by atoms with E-state index in [-0.39, 0.29) is 24.0 Å². The number of allylic oxidation sites excluding steroid dienone is 8. The Bertz CT molecular complexity index is 581. The van der Waals surface area contributed by atoms with Gasteiger partial charge in [-0.25, -0.2) is 0 Å². The maximum atomic E-state index is 12.0. The van der Waals surface area contributed by atoms with Crippen molar-refractivity contribution in [3.63, 3.8) is 0 Å². The normalized spacial score (nSPS) is 21.8. The van der Waals surface area contributed by atoms with Crippen molar-refractivity contribution in [2.24, 2.45) is 11.8 Å². The topological polar surface area (TPSA) is 74.6 Å². The Morgan fingerprint density at radius 2 is 1.96 bits per heavy atom. The number of aliphatic hydroxyl groups is 1. The maximum absolute atomic E-state index is 12.0. The molecule has 0 radical (unpaired) electrons. The van der Waals surface area contributed by atoms with Gasteiger partial charge < -0.3 is 10.2 Å². The molecule has 0 aromatic rings. The summed E-state index contributed by atoms with van der Waals surface area (Å²) in [6.45, 7) is 2.09. The zero-order chi connectivity index (χ0) is 19.2. The molecule has 2 N–H and O–H groups in total. The van der Waals surface area contributed by atoms with Gasteiger partial charge in [0.15, 0.2) is 5.78 Å². The summed E-state index contributed by atoms with van der Waals surface area (Å²) >= 11 is 0. The van der Waals surface area contributed by atoms with Gasteiger partial charge in [0.1, 0.15) is 0 Å². The molecule has 0 aliphatic heterocycles. The van der Waals surface area contributed by atoms with Crippen LogP contribution in [0, 0.1) is 11.8 Å². The number of carbonyl (C=O) groups is 2. The number of hydrogen-bond donors (Lipinski definition) is 2. The van der Waals surface area contributed by atoms with E-state index < -0.39 is 12.1 Å². The minimum atomic E-state index is -0.809. The third kappa shape index (κ3) is 9.33. The zero-order valence-electron chi connectivity index (χ0n) is 15.5. The predicted molar refractivity (Wildman–Crippen MR) is 105 cm³/mol.